The van der Waals surface area contributed by atoms with Gasteiger partial charge in [0.25, 0.3) is 0 Å². The molecule has 0 spiro atoms. The molecule has 0 saturated carbocycles. The Morgan fingerprint density at radius 1 is 1.55 bits per heavy atom. The highest BCUT2D eigenvalue weighted by molar-refractivity contribution is 7.90. The Hall–Kier alpha value is -1.59. The Kier molecular flexibility index (Phi) is 4.30. The van der Waals surface area contributed by atoms with Crippen LogP contribution in [0.15, 0.2) is 12.3 Å². The lowest BCUT2D eigenvalue weighted by atomic mass is 10.1. The predicted molar refractivity (Wildman–Crippen MR) is 75.1 cm³/mol. The summed E-state index contributed by atoms with van der Waals surface area (Å²) in [6, 6.07) is 3.77. The average Bonchev–Trinajstić information content (AvgIpc) is 2.87. The summed E-state index contributed by atoms with van der Waals surface area (Å²) in [6.45, 7) is 2.56. The standard InChI is InChI=1S/C12H19N5O2S/c1-2-11(9-13)20(18,19)16-6-3-10(4-7-16)17-8-5-12(14)15-17/h5,8,10-11H,2-4,6-7H2,1H3,(H2,14,15). The van der Waals surface area contributed by atoms with Crippen molar-refractivity contribution < 1.29 is 8.42 Å². The summed E-state index contributed by atoms with van der Waals surface area (Å²) in [5.74, 6) is 0.468. The Morgan fingerprint density at radius 3 is 2.65 bits per heavy atom. The summed E-state index contributed by atoms with van der Waals surface area (Å²) in [6.07, 6.45) is 3.49. The van der Waals surface area contributed by atoms with E-state index in [9.17, 15) is 8.42 Å². The summed E-state index contributed by atoms with van der Waals surface area (Å²) in [5, 5.41) is 12.2. The van der Waals surface area contributed by atoms with Crippen LogP contribution in [0, 0.1) is 11.3 Å². The van der Waals surface area contributed by atoms with Gasteiger partial charge in [-0.25, -0.2) is 12.7 Å². The molecule has 7 nitrogen and oxygen atoms in total. The van der Waals surface area contributed by atoms with Crippen LogP contribution < -0.4 is 5.73 Å². The minimum Gasteiger partial charge on any atom is -0.382 e. The molecule has 0 radical (unpaired) electrons. The first kappa shape index (κ1) is 14.8. The number of nitrogens with zero attached hydrogens (tertiary/aromatic N) is 4. The van der Waals surface area contributed by atoms with E-state index in [-0.39, 0.29) is 6.04 Å². The number of rotatable bonds is 4. The van der Waals surface area contributed by atoms with Crippen LogP contribution in [-0.4, -0.2) is 40.8 Å². The summed E-state index contributed by atoms with van der Waals surface area (Å²) >= 11 is 0. The van der Waals surface area contributed by atoms with E-state index in [4.69, 9.17) is 11.0 Å². The second-order valence-corrected chi connectivity index (χ2v) is 7.04. The highest BCUT2D eigenvalue weighted by Crippen LogP contribution is 2.25. The van der Waals surface area contributed by atoms with Gasteiger partial charge in [0.2, 0.25) is 10.0 Å². The molecule has 1 aromatic heterocycles. The number of anilines is 1. The van der Waals surface area contributed by atoms with Crippen molar-refractivity contribution in [3.63, 3.8) is 0 Å². The zero-order valence-corrected chi connectivity index (χ0v) is 12.3. The summed E-state index contributed by atoms with van der Waals surface area (Å²) in [5.41, 5.74) is 5.58. The largest absolute Gasteiger partial charge is 0.382 e. The van der Waals surface area contributed by atoms with Crippen molar-refractivity contribution in [3.8, 4) is 6.07 Å². The molecule has 8 heteroatoms. The number of nitrogen functional groups attached to an aromatic ring is 1. The van der Waals surface area contributed by atoms with Gasteiger partial charge in [-0.1, -0.05) is 6.92 Å². The van der Waals surface area contributed by atoms with Gasteiger partial charge >= 0.3 is 0 Å². The van der Waals surface area contributed by atoms with Gasteiger partial charge in [0.15, 0.2) is 5.25 Å². The molecule has 1 atom stereocenters. The van der Waals surface area contributed by atoms with Gasteiger partial charge in [0.1, 0.15) is 5.82 Å². The second kappa shape index (κ2) is 5.81. The normalized spacial score (nSPS) is 19.6. The number of hydrogen-bond acceptors (Lipinski definition) is 5. The fourth-order valence-corrected chi connectivity index (χ4v) is 4.10. The number of sulfonamides is 1. The number of nitriles is 1. The Morgan fingerprint density at radius 2 is 2.20 bits per heavy atom. The van der Waals surface area contributed by atoms with E-state index in [1.807, 2.05) is 12.3 Å². The number of aromatic nitrogens is 2. The predicted octanol–water partition coefficient (Wildman–Crippen LogP) is 0.734. The first-order chi connectivity index (χ1) is 9.48. The molecule has 0 aliphatic carbocycles. The molecule has 2 heterocycles. The molecule has 0 aromatic carbocycles. The van der Waals surface area contributed by atoms with E-state index >= 15 is 0 Å². The third kappa shape index (κ3) is 2.78. The van der Waals surface area contributed by atoms with Crippen molar-refractivity contribution in [2.45, 2.75) is 37.5 Å². The van der Waals surface area contributed by atoms with Crippen LogP contribution in [0.3, 0.4) is 0 Å². The zero-order chi connectivity index (χ0) is 14.8. The van der Waals surface area contributed by atoms with E-state index in [0.29, 0.717) is 38.2 Å². The Labute approximate surface area is 119 Å². The van der Waals surface area contributed by atoms with Gasteiger partial charge in [0, 0.05) is 19.3 Å². The lowest BCUT2D eigenvalue weighted by Crippen LogP contribution is -2.43. The molecule has 1 aromatic rings. The van der Waals surface area contributed by atoms with Gasteiger partial charge in [-0.05, 0) is 25.3 Å². The van der Waals surface area contributed by atoms with Gasteiger partial charge in [0.05, 0.1) is 12.1 Å². The number of piperidine rings is 1. The van der Waals surface area contributed by atoms with E-state index < -0.39 is 15.3 Å². The molecule has 20 heavy (non-hydrogen) atoms. The Bertz CT molecular complexity index is 596. The number of hydrogen-bond donors (Lipinski definition) is 1. The molecular formula is C12H19N5O2S. The molecule has 2 N–H and O–H groups in total. The molecule has 110 valence electrons. The van der Waals surface area contributed by atoms with Crippen molar-refractivity contribution in [1.82, 2.24) is 14.1 Å². The van der Waals surface area contributed by atoms with Crippen LogP contribution >= 0.6 is 0 Å². The van der Waals surface area contributed by atoms with Crippen LogP contribution in [0.4, 0.5) is 5.82 Å². The van der Waals surface area contributed by atoms with E-state index in [1.54, 1.807) is 17.7 Å². The highest BCUT2D eigenvalue weighted by Gasteiger charge is 2.34. The van der Waals surface area contributed by atoms with Crippen LogP contribution in [0.25, 0.3) is 0 Å². The van der Waals surface area contributed by atoms with Crippen LogP contribution in [-0.2, 0) is 10.0 Å². The molecule has 0 amide bonds. The topological polar surface area (TPSA) is 105 Å². The van der Waals surface area contributed by atoms with Crippen molar-refractivity contribution in [3.05, 3.63) is 12.3 Å². The second-order valence-electron chi connectivity index (χ2n) is 4.92. The minimum absolute atomic E-state index is 0.168. The van der Waals surface area contributed by atoms with Gasteiger partial charge in [-0.15, -0.1) is 0 Å². The average molecular weight is 297 g/mol. The van der Waals surface area contributed by atoms with Crippen molar-refractivity contribution in [2.75, 3.05) is 18.8 Å². The molecule has 1 saturated heterocycles. The van der Waals surface area contributed by atoms with Crippen molar-refractivity contribution >= 4 is 15.8 Å². The number of nitrogens with two attached hydrogens (primary N) is 1. The maximum Gasteiger partial charge on any atom is 0.230 e. The molecule has 1 fully saturated rings. The summed E-state index contributed by atoms with van der Waals surface area (Å²) < 4.78 is 27.7. The fraction of sp³-hybridized carbons (Fsp3) is 0.667. The smallest absolute Gasteiger partial charge is 0.230 e. The molecule has 1 aliphatic rings. The minimum atomic E-state index is -3.51. The lowest BCUT2D eigenvalue weighted by molar-refractivity contribution is 0.260. The highest BCUT2D eigenvalue weighted by atomic mass is 32.2. The zero-order valence-electron chi connectivity index (χ0n) is 11.4. The third-order valence-electron chi connectivity index (χ3n) is 3.66. The maximum atomic E-state index is 12.3. The molecule has 2 rings (SSSR count). The molecule has 1 unspecified atom stereocenters. The van der Waals surface area contributed by atoms with Crippen LogP contribution in [0.2, 0.25) is 0 Å². The fourth-order valence-electron chi connectivity index (χ4n) is 2.47. The third-order valence-corrected chi connectivity index (χ3v) is 5.90. The van der Waals surface area contributed by atoms with Gasteiger partial charge < -0.3 is 5.73 Å². The van der Waals surface area contributed by atoms with Crippen LogP contribution in [0.5, 0.6) is 0 Å². The molecular weight excluding hydrogens is 278 g/mol. The monoisotopic (exact) mass is 297 g/mol. The Balaban J connectivity index is 2.03. The first-order valence-electron chi connectivity index (χ1n) is 6.68. The first-order valence-corrected chi connectivity index (χ1v) is 8.18. The van der Waals surface area contributed by atoms with E-state index in [1.165, 1.54) is 4.31 Å². The maximum absolute atomic E-state index is 12.3. The van der Waals surface area contributed by atoms with Crippen molar-refractivity contribution in [2.24, 2.45) is 0 Å². The van der Waals surface area contributed by atoms with Crippen LogP contribution in [0.1, 0.15) is 32.2 Å². The summed E-state index contributed by atoms with van der Waals surface area (Å²) in [7, 11) is -3.51. The van der Waals surface area contributed by atoms with E-state index in [2.05, 4.69) is 5.10 Å². The lowest BCUT2D eigenvalue weighted by Gasteiger charge is -2.32. The van der Waals surface area contributed by atoms with Gasteiger partial charge in [-0.3, -0.25) is 4.68 Å². The van der Waals surface area contributed by atoms with E-state index in [0.717, 1.165) is 0 Å². The van der Waals surface area contributed by atoms with Gasteiger partial charge in [-0.2, -0.15) is 10.4 Å². The quantitative estimate of drug-likeness (QED) is 0.882. The molecule has 1 aliphatic heterocycles. The summed E-state index contributed by atoms with van der Waals surface area (Å²) in [4.78, 5) is 0. The SMILES string of the molecule is CCC(C#N)S(=O)(=O)N1CCC(n2ccc(N)n2)CC1. The van der Waals surface area contributed by atoms with Crippen molar-refractivity contribution in [1.29, 1.82) is 5.26 Å². The molecule has 0 bridgehead atoms.